The summed E-state index contributed by atoms with van der Waals surface area (Å²) in [5.41, 5.74) is 0.855. The molecule has 14 heavy (non-hydrogen) atoms. The van der Waals surface area contributed by atoms with Gasteiger partial charge in [0.1, 0.15) is 12.2 Å². The fraction of sp³-hybridized carbons (Fsp3) is 0.364. The van der Waals surface area contributed by atoms with Crippen molar-refractivity contribution in [3.63, 3.8) is 0 Å². The van der Waals surface area contributed by atoms with Crippen molar-refractivity contribution in [3.8, 4) is 0 Å². The summed E-state index contributed by atoms with van der Waals surface area (Å²) in [6.07, 6.45) is -1.19. The Morgan fingerprint density at radius 2 is 2.00 bits per heavy atom. The van der Waals surface area contributed by atoms with Crippen LogP contribution in [0, 0.1) is 0 Å². The van der Waals surface area contributed by atoms with Crippen LogP contribution in [0.1, 0.15) is 18.1 Å². The maximum absolute atomic E-state index is 11.2. The van der Waals surface area contributed by atoms with Gasteiger partial charge in [0.2, 0.25) is 0 Å². The highest BCUT2D eigenvalue weighted by Gasteiger charge is 2.31. The molecule has 1 fully saturated rings. The van der Waals surface area contributed by atoms with Gasteiger partial charge in [0.05, 0.1) is 6.61 Å². The largest absolute Gasteiger partial charge is 0.382 e. The molecule has 1 aliphatic heterocycles. The topological polar surface area (TPSA) is 46.5 Å². The molecule has 0 saturated carbocycles. The highest BCUT2D eigenvalue weighted by molar-refractivity contribution is 5.84. The molecule has 3 heteroatoms. The summed E-state index contributed by atoms with van der Waals surface area (Å²) >= 11 is 0. The first-order valence-corrected chi connectivity index (χ1v) is 4.66. The molecule has 0 unspecified atom stereocenters. The lowest BCUT2D eigenvalue weighted by Crippen LogP contribution is -2.35. The quantitative estimate of drug-likeness (QED) is 0.724. The maximum Gasteiger partial charge on any atom is 0.166 e. The Kier molecular flexibility index (Phi) is 2.61. The van der Waals surface area contributed by atoms with Crippen LogP contribution in [-0.4, -0.2) is 23.6 Å². The van der Waals surface area contributed by atoms with E-state index < -0.39 is 12.2 Å². The number of hydrogen-bond donors (Lipinski definition) is 1. The molecular formula is C11H12O3. The van der Waals surface area contributed by atoms with Crippen LogP contribution in [0.3, 0.4) is 0 Å². The molecule has 1 aromatic rings. The Morgan fingerprint density at radius 1 is 1.29 bits per heavy atom. The van der Waals surface area contributed by atoms with Gasteiger partial charge in [0.25, 0.3) is 0 Å². The zero-order chi connectivity index (χ0) is 9.97. The predicted molar refractivity (Wildman–Crippen MR) is 50.8 cm³/mol. The Morgan fingerprint density at radius 3 is 2.71 bits per heavy atom. The second kappa shape index (κ2) is 3.90. The van der Waals surface area contributed by atoms with Crippen LogP contribution in [0.4, 0.5) is 0 Å². The zero-order valence-electron chi connectivity index (χ0n) is 7.72. The number of benzene rings is 1. The van der Waals surface area contributed by atoms with E-state index in [-0.39, 0.29) is 5.78 Å². The number of carbonyl (C=O) groups excluding carboxylic acids is 1. The Labute approximate surface area is 82.3 Å². The minimum atomic E-state index is -1.01. The molecule has 1 aromatic carbocycles. The van der Waals surface area contributed by atoms with E-state index in [2.05, 4.69) is 0 Å². The van der Waals surface area contributed by atoms with Gasteiger partial charge >= 0.3 is 0 Å². The standard InChI is InChI=1S/C11H12O3/c12-9-6-7-14-11(10(9)13)8-4-2-1-3-5-8/h1-5,10-11,13H,6-7H2/t10-,11+/m0/s1. The smallest absolute Gasteiger partial charge is 0.166 e. The highest BCUT2D eigenvalue weighted by atomic mass is 16.5. The summed E-state index contributed by atoms with van der Waals surface area (Å²) in [5.74, 6) is -0.134. The van der Waals surface area contributed by atoms with E-state index in [4.69, 9.17) is 4.74 Å². The Hall–Kier alpha value is -1.19. The van der Waals surface area contributed by atoms with Gasteiger partial charge < -0.3 is 9.84 Å². The van der Waals surface area contributed by atoms with Crippen molar-refractivity contribution >= 4 is 5.78 Å². The van der Waals surface area contributed by atoms with Crippen LogP contribution in [-0.2, 0) is 9.53 Å². The van der Waals surface area contributed by atoms with Crippen LogP contribution in [0.5, 0.6) is 0 Å². The van der Waals surface area contributed by atoms with Crippen LogP contribution in [0.15, 0.2) is 30.3 Å². The highest BCUT2D eigenvalue weighted by Crippen LogP contribution is 2.25. The molecule has 74 valence electrons. The molecular weight excluding hydrogens is 180 g/mol. The van der Waals surface area contributed by atoms with Crippen molar-refractivity contribution in [1.29, 1.82) is 0 Å². The maximum atomic E-state index is 11.2. The summed E-state index contributed by atoms with van der Waals surface area (Å²) in [7, 11) is 0. The van der Waals surface area contributed by atoms with Gasteiger partial charge in [0, 0.05) is 6.42 Å². The van der Waals surface area contributed by atoms with E-state index in [0.717, 1.165) is 5.56 Å². The molecule has 2 atom stereocenters. The van der Waals surface area contributed by atoms with Gasteiger partial charge in [-0.3, -0.25) is 4.79 Å². The van der Waals surface area contributed by atoms with Crippen molar-refractivity contribution in [1.82, 2.24) is 0 Å². The Balaban J connectivity index is 2.22. The lowest BCUT2D eigenvalue weighted by molar-refractivity contribution is -0.147. The molecule has 0 spiro atoms. The third kappa shape index (κ3) is 1.69. The summed E-state index contributed by atoms with van der Waals surface area (Å²) in [6, 6.07) is 9.33. The van der Waals surface area contributed by atoms with Gasteiger partial charge in [-0.25, -0.2) is 0 Å². The molecule has 2 rings (SSSR count). The van der Waals surface area contributed by atoms with Crippen molar-refractivity contribution in [3.05, 3.63) is 35.9 Å². The van der Waals surface area contributed by atoms with Crippen LogP contribution in [0.25, 0.3) is 0 Å². The first-order chi connectivity index (χ1) is 6.79. The second-order valence-corrected chi connectivity index (χ2v) is 3.36. The van der Waals surface area contributed by atoms with Gasteiger partial charge in [-0.15, -0.1) is 0 Å². The van der Waals surface area contributed by atoms with Gasteiger partial charge in [-0.2, -0.15) is 0 Å². The lowest BCUT2D eigenvalue weighted by Gasteiger charge is -2.27. The zero-order valence-corrected chi connectivity index (χ0v) is 7.72. The number of Topliss-reactive ketones (excluding diaryl/α,β-unsaturated/α-hetero) is 1. The fourth-order valence-electron chi connectivity index (χ4n) is 1.62. The van der Waals surface area contributed by atoms with E-state index in [1.54, 1.807) is 0 Å². The van der Waals surface area contributed by atoms with E-state index in [0.29, 0.717) is 13.0 Å². The van der Waals surface area contributed by atoms with Crippen molar-refractivity contribution in [2.24, 2.45) is 0 Å². The first kappa shape index (κ1) is 9.37. The summed E-state index contributed by atoms with van der Waals surface area (Å²) in [5, 5.41) is 9.62. The van der Waals surface area contributed by atoms with Crippen LogP contribution >= 0.6 is 0 Å². The Bertz CT molecular complexity index is 321. The second-order valence-electron chi connectivity index (χ2n) is 3.36. The number of aliphatic hydroxyl groups is 1. The lowest BCUT2D eigenvalue weighted by atomic mass is 9.98. The summed E-state index contributed by atoms with van der Waals surface area (Å²) < 4.78 is 5.38. The van der Waals surface area contributed by atoms with Crippen molar-refractivity contribution < 1.29 is 14.6 Å². The minimum Gasteiger partial charge on any atom is -0.382 e. The molecule has 0 aliphatic carbocycles. The van der Waals surface area contributed by atoms with Gasteiger partial charge in [-0.1, -0.05) is 30.3 Å². The van der Waals surface area contributed by atoms with Crippen molar-refractivity contribution in [2.45, 2.75) is 18.6 Å². The first-order valence-electron chi connectivity index (χ1n) is 4.66. The normalized spacial score (nSPS) is 27.6. The molecule has 1 aliphatic rings. The molecule has 1 N–H and O–H groups in total. The van der Waals surface area contributed by atoms with Crippen LogP contribution in [0.2, 0.25) is 0 Å². The number of rotatable bonds is 1. The van der Waals surface area contributed by atoms with E-state index in [1.165, 1.54) is 0 Å². The number of aliphatic hydroxyl groups excluding tert-OH is 1. The number of hydrogen-bond acceptors (Lipinski definition) is 3. The van der Waals surface area contributed by atoms with Gasteiger partial charge in [-0.05, 0) is 5.56 Å². The third-order valence-electron chi connectivity index (χ3n) is 2.39. The summed E-state index contributed by atoms with van der Waals surface area (Å²) in [6.45, 7) is 0.398. The number of ketones is 1. The SMILES string of the molecule is O=C1CCO[C@H](c2ccccc2)[C@H]1O. The number of carbonyl (C=O) groups is 1. The molecule has 0 bridgehead atoms. The van der Waals surface area contributed by atoms with E-state index in [9.17, 15) is 9.90 Å². The van der Waals surface area contributed by atoms with Crippen molar-refractivity contribution in [2.75, 3.05) is 6.61 Å². The molecule has 0 amide bonds. The predicted octanol–water partition coefficient (Wildman–Crippen LogP) is 1.08. The molecule has 1 saturated heterocycles. The average Bonchev–Trinajstić information content (AvgIpc) is 2.23. The monoisotopic (exact) mass is 192 g/mol. The molecule has 0 radical (unpaired) electrons. The summed E-state index contributed by atoms with van der Waals surface area (Å²) in [4.78, 5) is 11.2. The molecule has 1 heterocycles. The fourth-order valence-corrected chi connectivity index (χ4v) is 1.62. The van der Waals surface area contributed by atoms with E-state index in [1.807, 2.05) is 30.3 Å². The third-order valence-corrected chi connectivity index (χ3v) is 2.39. The van der Waals surface area contributed by atoms with E-state index >= 15 is 0 Å². The molecule has 3 nitrogen and oxygen atoms in total. The van der Waals surface area contributed by atoms with Gasteiger partial charge in [0.15, 0.2) is 5.78 Å². The van der Waals surface area contributed by atoms with Crippen LogP contribution < -0.4 is 0 Å². The minimum absolute atomic E-state index is 0.134. The molecule has 0 aromatic heterocycles. The average molecular weight is 192 g/mol. The number of ether oxygens (including phenoxy) is 1.